The molecule has 1 atom stereocenters. The lowest BCUT2D eigenvalue weighted by atomic mass is 9.99. The van der Waals surface area contributed by atoms with Gasteiger partial charge in [-0.25, -0.2) is 23.4 Å². The van der Waals surface area contributed by atoms with Gasteiger partial charge in [0.15, 0.2) is 21.2 Å². The van der Waals surface area contributed by atoms with E-state index in [-0.39, 0.29) is 42.2 Å². The van der Waals surface area contributed by atoms with Gasteiger partial charge in [-0.05, 0) is 69.4 Å². The number of pyridine rings is 1. The first-order valence-corrected chi connectivity index (χ1v) is 18.7. The topological polar surface area (TPSA) is 106 Å². The van der Waals surface area contributed by atoms with E-state index in [1.165, 1.54) is 24.2 Å². The Morgan fingerprint density at radius 2 is 1.61 bits per heavy atom. The van der Waals surface area contributed by atoms with Crippen molar-refractivity contribution >= 4 is 32.6 Å². The van der Waals surface area contributed by atoms with Gasteiger partial charge in [0, 0.05) is 37.3 Å². The highest BCUT2D eigenvalue weighted by atomic mass is 32.2. The summed E-state index contributed by atoms with van der Waals surface area (Å²) in [5, 5.41) is 5.27. The molecule has 1 unspecified atom stereocenters. The summed E-state index contributed by atoms with van der Waals surface area (Å²) in [5.41, 5.74) is -1.12. The molecule has 0 aliphatic heterocycles. The first-order chi connectivity index (χ1) is 23.8. The number of aromatic nitrogens is 5. The van der Waals surface area contributed by atoms with Gasteiger partial charge in [0.2, 0.25) is 5.95 Å². The lowest BCUT2D eigenvalue weighted by Gasteiger charge is -2.33. The van der Waals surface area contributed by atoms with Crippen LogP contribution in [0.25, 0.3) is 11.0 Å². The number of anilines is 2. The smallest absolute Gasteiger partial charge is 0.416 e. The SMILES string of the molecule is CCN(CC1CCCC1)c1nc2c(cc1CN(c1ncc(OCCS(C)(=O)=O)cn1)C(C)c1cc(C(F)(F)F)cc(C(F)(F)F)c1)c(C)nn2C. The van der Waals surface area contributed by atoms with Crippen molar-refractivity contribution in [1.29, 1.82) is 0 Å². The third-order valence-electron chi connectivity index (χ3n) is 9.18. The Kier molecular flexibility index (Phi) is 11.1. The fourth-order valence-electron chi connectivity index (χ4n) is 6.44. The molecule has 0 amide bonds. The van der Waals surface area contributed by atoms with E-state index in [2.05, 4.69) is 20.0 Å². The number of hydrogen-bond donors (Lipinski definition) is 0. The van der Waals surface area contributed by atoms with Crippen LogP contribution in [-0.2, 0) is 35.8 Å². The number of ether oxygens (including phenoxy) is 1. The summed E-state index contributed by atoms with van der Waals surface area (Å²) >= 11 is 0. The first kappa shape index (κ1) is 38.1. The number of benzene rings is 1. The summed E-state index contributed by atoms with van der Waals surface area (Å²) in [5.74, 6) is 0.949. The summed E-state index contributed by atoms with van der Waals surface area (Å²) < 4.78 is 114. The molecule has 51 heavy (non-hydrogen) atoms. The molecule has 0 bridgehead atoms. The molecule has 4 aromatic rings. The minimum atomic E-state index is -5.04. The third kappa shape index (κ3) is 9.21. The summed E-state index contributed by atoms with van der Waals surface area (Å²) in [4.78, 5) is 17.5. The second-order valence-electron chi connectivity index (χ2n) is 13.1. The molecule has 17 heteroatoms. The fourth-order valence-corrected chi connectivity index (χ4v) is 6.83. The molecule has 1 aliphatic carbocycles. The first-order valence-electron chi connectivity index (χ1n) is 16.6. The van der Waals surface area contributed by atoms with Gasteiger partial charge in [-0.2, -0.15) is 31.4 Å². The van der Waals surface area contributed by atoms with Crippen LogP contribution in [0, 0.1) is 12.8 Å². The van der Waals surface area contributed by atoms with E-state index in [0.717, 1.165) is 43.9 Å². The molecule has 10 nitrogen and oxygen atoms in total. The molecule has 5 rings (SSSR count). The van der Waals surface area contributed by atoms with Gasteiger partial charge >= 0.3 is 12.4 Å². The number of aryl methyl sites for hydroxylation is 2. The van der Waals surface area contributed by atoms with Gasteiger partial charge in [-0.1, -0.05) is 12.8 Å². The van der Waals surface area contributed by atoms with Crippen molar-refractivity contribution in [2.75, 3.05) is 41.5 Å². The second kappa shape index (κ2) is 14.8. The fraction of sp³-hybridized carbons (Fsp3) is 0.529. The molecule has 3 heterocycles. The summed E-state index contributed by atoms with van der Waals surface area (Å²) in [6.45, 7) is 6.45. The molecule has 1 aromatic carbocycles. The number of halogens is 6. The van der Waals surface area contributed by atoms with E-state index in [0.29, 0.717) is 47.3 Å². The molecule has 0 radical (unpaired) electrons. The lowest BCUT2D eigenvalue weighted by molar-refractivity contribution is -0.143. The van der Waals surface area contributed by atoms with E-state index in [1.807, 2.05) is 19.9 Å². The number of alkyl halides is 6. The Bertz CT molecular complexity index is 1910. The quantitative estimate of drug-likeness (QED) is 0.131. The van der Waals surface area contributed by atoms with E-state index in [4.69, 9.17) is 9.72 Å². The van der Waals surface area contributed by atoms with Crippen LogP contribution in [0.1, 0.15) is 73.5 Å². The van der Waals surface area contributed by atoms with Crippen molar-refractivity contribution in [2.24, 2.45) is 13.0 Å². The maximum atomic E-state index is 13.9. The molecule has 1 fully saturated rings. The van der Waals surface area contributed by atoms with Crippen molar-refractivity contribution in [3.63, 3.8) is 0 Å². The average Bonchev–Trinajstić information content (AvgIpc) is 3.67. The zero-order chi connectivity index (χ0) is 37.3. The van der Waals surface area contributed by atoms with Crippen LogP contribution in [0.5, 0.6) is 5.75 Å². The van der Waals surface area contributed by atoms with Crippen LogP contribution in [0.2, 0.25) is 0 Å². The highest BCUT2D eigenvalue weighted by Crippen LogP contribution is 2.40. The van der Waals surface area contributed by atoms with Gasteiger partial charge < -0.3 is 14.5 Å². The number of hydrogen-bond acceptors (Lipinski definition) is 9. The molecule has 1 aliphatic rings. The van der Waals surface area contributed by atoms with Crippen molar-refractivity contribution in [2.45, 2.75) is 71.4 Å². The summed E-state index contributed by atoms with van der Waals surface area (Å²) in [6, 6.07) is 2.33. The predicted octanol–water partition coefficient (Wildman–Crippen LogP) is 7.31. The number of rotatable bonds is 13. The Hall–Kier alpha value is -4.15. The van der Waals surface area contributed by atoms with Crippen LogP contribution in [0.3, 0.4) is 0 Å². The summed E-state index contributed by atoms with van der Waals surface area (Å²) in [6.07, 6.45) is -2.03. The molecule has 3 aromatic heterocycles. The average molecular weight is 742 g/mol. The van der Waals surface area contributed by atoms with E-state index >= 15 is 0 Å². The standard InChI is InChI=1S/C34H41F6N7O3S/c1-6-46(19-23-9-7-8-10-23)30-25(15-29-21(2)44-45(4)31(29)43-30)20-47(32-41-17-28(18-42-32)50-11-12-51(5,48)49)22(3)24-13-26(33(35,36)37)16-27(14-24)34(38,39)40/h13-18,22-23H,6-12,19-20H2,1-5H3. The Morgan fingerprint density at radius 3 is 2.16 bits per heavy atom. The zero-order valence-corrected chi connectivity index (χ0v) is 29.8. The van der Waals surface area contributed by atoms with Gasteiger partial charge in [0.25, 0.3) is 0 Å². The van der Waals surface area contributed by atoms with E-state index < -0.39 is 39.4 Å². The van der Waals surface area contributed by atoms with Gasteiger partial charge in [-0.15, -0.1) is 0 Å². The van der Waals surface area contributed by atoms with Crippen LogP contribution in [0.4, 0.5) is 38.1 Å². The highest BCUT2D eigenvalue weighted by molar-refractivity contribution is 7.90. The van der Waals surface area contributed by atoms with Crippen LogP contribution in [-0.4, -0.2) is 64.9 Å². The zero-order valence-electron chi connectivity index (χ0n) is 29.0. The van der Waals surface area contributed by atoms with E-state index in [1.54, 1.807) is 11.7 Å². The molecule has 278 valence electrons. The van der Waals surface area contributed by atoms with Gasteiger partial charge in [0.05, 0.1) is 47.6 Å². The highest BCUT2D eigenvalue weighted by Gasteiger charge is 2.38. The van der Waals surface area contributed by atoms with Crippen LogP contribution >= 0.6 is 0 Å². The lowest BCUT2D eigenvalue weighted by Crippen LogP contribution is -2.33. The van der Waals surface area contributed by atoms with Crippen molar-refractivity contribution in [1.82, 2.24) is 24.7 Å². The van der Waals surface area contributed by atoms with Crippen molar-refractivity contribution in [3.8, 4) is 5.75 Å². The molecular formula is C34H41F6N7O3S. The van der Waals surface area contributed by atoms with Crippen LogP contribution in [0.15, 0.2) is 36.7 Å². The maximum Gasteiger partial charge on any atom is 0.416 e. The van der Waals surface area contributed by atoms with Gasteiger partial charge in [0.1, 0.15) is 12.4 Å². The van der Waals surface area contributed by atoms with Crippen molar-refractivity contribution in [3.05, 3.63) is 64.6 Å². The van der Waals surface area contributed by atoms with Gasteiger partial charge in [-0.3, -0.25) is 4.68 Å². The molecule has 0 N–H and O–H groups in total. The molecule has 1 saturated carbocycles. The normalized spacial score (nSPS) is 15.0. The minimum Gasteiger partial charge on any atom is -0.489 e. The second-order valence-corrected chi connectivity index (χ2v) is 15.3. The number of sulfone groups is 1. The Morgan fingerprint density at radius 1 is 1.00 bits per heavy atom. The molecule has 0 spiro atoms. The summed E-state index contributed by atoms with van der Waals surface area (Å²) in [7, 11) is -1.52. The predicted molar refractivity (Wildman–Crippen MR) is 181 cm³/mol. The maximum absolute atomic E-state index is 13.9. The van der Waals surface area contributed by atoms with Crippen LogP contribution < -0.4 is 14.5 Å². The minimum absolute atomic E-state index is 0.00303. The van der Waals surface area contributed by atoms with E-state index in [9.17, 15) is 34.8 Å². The van der Waals surface area contributed by atoms with Crippen molar-refractivity contribution < 1.29 is 39.5 Å². The monoisotopic (exact) mass is 741 g/mol. The number of fused-ring (bicyclic) bond motifs is 1. The Balaban J connectivity index is 1.63. The Labute approximate surface area is 292 Å². The third-order valence-corrected chi connectivity index (χ3v) is 10.1. The molecular weight excluding hydrogens is 700 g/mol. The largest absolute Gasteiger partial charge is 0.489 e. The molecule has 0 saturated heterocycles. The number of nitrogens with zero attached hydrogens (tertiary/aromatic N) is 7.